The molecule has 0 bridgehead atoms. The van der Waals surface area contributed by atoms with Crippen LogP contribution >= 0.6 is 11.6 Å². The molecule has 0 aliphatic heterocycles. The van der Waals surface area contributed by atoms with E-state index in [1.54, 1.807) is 18.2 Å². The number of halogens is 2. The largest absolute Gasteiger partial charge is 0.435 e. The van der Waals surface area contributed by atoms with Crippen LogP contribution in [0.25, 0.3) is 10.9 Å². The molecular weight excluding hydrogens is 293 g/mol. The van der Waals surface area contributed by atoms with Gasteiger partial charge in [0.15, 0.2) is 11.6 Å². The van der Waals surface area contributed by atoms with Gasteiger partial charge in [-0.05, 0) is 36.4 Å². The van der Waals surface area contributed by atoms with Gasteiger partial charge in [0.1, 0.15) is 6.33 Å². The molecule has 0 spiro atoms. The van der Waals surface area contributed by atoms with E-state index in [4.69, 9.17) is 21.6 Å². The molecule has 0 saturated carbocycles. The van der Waals surface area contributed by atoms with Crippen molar-refractivity contribution < 1.29 is 9.13 Å². The van der Waals surface area contributed by atoms with Crippen LogP contribution in [0.15, 0.2) is 42.7 Å². The second-order valence-corrected chi connectivity index (χ2v) is 4.64. The van der Waals surface area contributed by atoms with E-state index in [0.717, 1.165) is 6.07 Å². The summed E-state index contributed by atoms with van der Waals surface area (Å²) in [6, 6.07) is 10.9. The number of aromatic nitrogens is 2. The first-order valence-corrected chi connectivity index (χ1v) is 6.33. The second-order valence-electron chi connectivity index (χ2n) is 4.20. The van der Waals surface area contributed by atoms with Crippen molar-refractivity contribution in [2.75, 3.05) is 0 Å². The molecule has 0 saturated heterocycles. The van der Waals surface area contributed by atoms with Gasteiger partial charge in [0, 0.05) is 5.02 Å². The standard InChI is InChI=1S/C15H7ClFN3O/c16-10-2-3-11-13(6-10)19-8-20-15(11)21-14-4-1-9(7-18)5-12(14)17/h1-6,8H. The summed E-state index contributed by atoms with van der Waals surface area (Å²) in [4.78, 5) is 8.09. The van der Waals surface area contributed by atoms with Crippen LogP contribution in [0.3, 0.4) is 0 Å². The van der Waals surface area contributed by atoms with Crippen molar-refractivity contribution in [2.24, 2.45) is 0 Å². The Balaban J connectivity index is 2.04. The molecule has 0 radical (unpaired) electrons. The number of ether oxygens (including phenoxy) is 1. The molecule has 0 atom stereocenters. The highest BCUT2D eigenvalue weighted by atomic mass is 35.5. The zero-order chi connectivity index (χ0) is 14.8. The van der Waals surface area contributed by atoms with Gasteiger partial charge in [-0.2, -0.15) is 5.26 Å². The van der Waals surface area contributed by atoms with Crippen LogP contribution in [0.2, 0.25) is 5.02 Å². The quantitative estimate of drug-likeness (QED) is 0.715. The monoisotopic (exact) mass is 299 g/mol. The molecule has 0 fully saturated rings. The van der Waals surface area contributed by atoms with Crippen LogP contribution < -0.4 is 4.74 Å². The average molecular weight is 300 g/mol. The van der Waals surface area contributed by atoms with Crippen LogP contribution in [-0.2, 0) is 0 Å². The van der Waals surface area contributed by atoms with Crippen molar-refractivity contribution in [1.29, 1.82) is 5.26 Å². The van der Waals surface area contributed by atoms with E-state index in [-0.39, 0.29) is 17.2 Å². The molecule has 6 heteroatoms. The summed E-state index contributed by atoms with van der Waals surface area (Å²) in [7, 11) is 0. The summed E-state index contributed by atoms with van der Waals surface area (Å²) in [5, 5.41) is 9.87. The predicted octanol–water partition coefficient (Wildman–Crippen LogP) is 4.09. The molecule has 0 N–H and O–H groups in total. The van der Waals surface area contributed by atoms with E-state index >= 15 is 0 Å². The van der Waals surface area contributed by atoms with Crippen molar-refractivity contribution in [1.82, 2.24) is 9.97 Å². The van der Waals surface area contributed by atoms with Crippen LogP contribution in [0.5, 0.6) is 11.6 Å². The third-order valence-electron chi connectivity index (χ3n) is 2.83. The molecule has 1 aromatic heterocycles. The molecular formula is C15H7ClFN3O. The number of hydrogen-bond acceptors (Lipinski definition) is 4. The minimum absolute atomic E-state index is 0.0102. The fourth-order valence-corrected chi connectivity index (χ4v) is 2.01. The van der Waals surface area contributed by atoms with Crippen molar-refractivity contribution in [3.63, 3.8) is 0 Å². The van der Waals surface area contributed by atoms with Gasteiger partial charge in [-0.25, -0.2) is 14.4 Å². The Morgan fingerprint density at radius 1 is 1.14 bits per heavy atom. The lowest BCUT2D eigenvalue weighted by Crippen LogP contribution is -1.94. The number of hydrogen-bond donors (Lipinski definition) is 0. The Labute approximate surface area is 124 Å². The van der Waals surface area contributed by atoms with Gasteiger partial charge >= 0.3 is 0 Å². The lowest BCUT2D eigenvalue weighted by atomic mass is 10.2. The number of fused-ring (bicyclic) bond motifs is 1. The van der Waals surface area contributed by atoms with Gasteiger partial charge in [-0.1, -0.05) is 11.6 Å². The highest BCUT2D eigenvalue weighted by Crippen LogP contribution is 2.29. The van der Waals surface area contributed by atoms with E-state index in [1.165, 1.54) is 18.5 Å². The van der Waals surface area contributed by atoms with E-state index in [2.05, 4.69) is 9.97 Å². The Bertz CT molecular complexity index is 876. The topological polar surface area (TPSA) is 58.8 Å². The zero-order valence-electron chi connectivity index (χ0n) is 10.5. The Hall–Kier alpha value is -2.71. The van der Waals surface area contributed by atoms with E-state index in [9.17, 15) is 4.39 Å². The summed E-state index contributed by atoms with van der Waals surface area (Å²) in [5.74, 6) is -0.418. The SMILES string of the molecule is N#Cc1ccc(Oc2ncnc3cc(Cl)ccc23)c(F)c1. The predicted molar refractivity (Wildman–Crippen MR) is 75.7 cm³/mol. The fourth-order valence-electron chi connectivity index (χ4n) is 1.84. The van der Waals surface area contributed by atoms with Crippen molar-refractivity contribution >= 4 is 22.5 Å². The highest BCUT2D eigenvalue weighted by Gasteiger charge is 2.10. The number of rotatable bonds is 2. The van der Waals surface area contributed by atoms with Crippen LogP contribution in [-0.4, -0.2) is 9.97 Å². The first-order valence-electron chi connectivity index (χ1n) is 5.95. The first-order chi connectivity index (χ1) is 10.2. The van der Waals surface area contributed by atoms with Crippen molar-refractivity contribution in [2.45, 2.75) is 0 Å². The molecule has 0 aliphatic carbocycles. The summed E-state index contributed by atoms with van der Waals surface area (Å²) in [6.45, 7) is 0. The Kier molecular flexibility index (Phi) is 3.38. The number of nitrogens with zero attached hydrogens (tertiary/aromatic N) is 3. The normalized spacial score (nSPS) is 10.3. The molecule has 2 aromatic carbocycles. The minimum atomic E-state index is -0.630. The lowest BCUT2D eigenvalue weighted by molar-refractivity contribution is 0.431. The third kappa shape index (κ3) is 2.62. The molecule has 3 rings (SSSR count). The van der Waals surface area contributed by atoms with Gasteiger partial charge in [-0.15, -0.1) is 0 Å². The smallest absolute Gasteiger partial charge is 0.230 e. The molecule has 21 heavy (non-hydrogen) atoms. The summed E-state index contributed by atoms with van der Waals surface area (Å²) in [5.41, 5.74) is 0.820. The van der Waals surface area contributed by atoms with Gasteiger partial charge in [0.25, 0.3) is 0 Å². The molecule has 0 aliphatic rings. The maximum Gasteiger partial charge on any atom is 0.230 e. The van der Waals surface area contributed by atoms with Crippen LogP contribution in [0.1, 0.15) is 5.56 Å². The van der Waals surface area contributed by atoms with Gasteiger partial charge < -0.3 is 4.74 Å². The van der Waals surface area contributed by atoms with Gasteiger partial charge in [-0.3, -0.25) is 0 Å². The Morgan fingerprint density at radius 2 is 2.00 bits per heavy atom. The molecule has 102 valence electrons. The zero-order valence-corrected chi connectivity index (χ0v) is 11.3. The average Bonchev–Trinajstić information content (AvgIpc) is 2.49. The van der Waals surface area contributed by atoms with Gasteiger partial charge in [0.05, 0.1) is 22.5 Å². The van der Waals surface area contributed by atoms with E-state index in [1.807, 2.05) is 6.07 Å². The number of nitriles is 1. The highest BCUT2D eigenvalue weighted by molar-refractivity contribution is 6.31. The molecule has 3 aromatic rings. The van der Waals surface area contributed by atoms with Crippen LogP contribution in [0.4, 0.5) is 4.39 Å². The molecule has 0 unspecified atom stereocenters. The molecule has 4 nitrogen and oxygen atoms in total. The van der Waals surface area contributed by atoms with Crippen molar-refractivity contribution in [3.8, 4) is 17.7 Å². The maximum atomic E-state index is 13.8. The molecule has 1 heterocycles. The summed E-state index contributed by atoms with van der Waals surface area (Å²) >= 11 is 5.90. The lowest BCUT2D eigenvalue weighted by Gasteiger charge is -2.08. The summed E-state index contributed by atoms with van der Waals surface area (Å²) < 4.78 is 19.3. The minimum Gasteiger partial charge on any atom is -0.435 e. The van der Waals surface area contributed by atoms with Crippen molar-refractivity contribution in [3.05, 3.63) is 59.1 Å². The molecule has 0 amide bonds. The maximum absolute atomic E-state index is 13.8. The first kappa shape index (κ1) is 13.3. The third-order valence-corrected chi connectivity index (χ3v) is 3.06. The van der Waals surface area contributed by atoms with E-state index in [0.29, 0.717) is 15.9 Å². The second kappa shape index (κ2) is 5.35. The summed E-state index contributed by atoms with van der Waals surface area (Å²) in [6.07, 6.45) is 1.32. The van der Waals surface area contributed by atoms with Crippen LogP contribution in [0, 0.1) is 17.1 Å². The van der Waals surface area contributed by atoms with Gasteiger partial charge in [0.2, 0.25) is 5.88 Å². The number of benzene rings is 2. The van der Waals surface area contributed by atoms with E-state index < -0.39 is 5.82 Å². The fraction of sp³-hybridized carbons (Fsp3) is 0. The Morgan fingerprint density at radius 3 is 2.76 bits per heavy atom.